The smallest absolute Gasteiger partial charge is 0.153 e. The summed E-state index contributed by atoms with van der Waals surface area (Å²) >= 11 is 0. The van der Waals surface area contributed by atoms with E-state index in [-0.39, 0.29) is 0 Å². The number of rotatable bonds is 1. The van der Waals surface area contributed by atoms with Crippen LogP contribution in [-0.2, 0) is 0 Å². The standard InChI is InChI=1S/C15H20N4/c16-11-12-3-8-18-14(13(12)17)19-9-6-15(7-10-19)4-1-2-5-15/h3,8H,1-2,4-7,9-10,17H2. The molecule has 0 amide bonds. The molecule has 0 unspecified atom stereocenters. The van der Waals surface area contributed by atoms with Gasteiger partial charge in [-0.1, -0.05) is 12.8 Å². The third kappa shape index (κ3) is 2.14. The van der Waals surface area contributed by atoms with E-state index in [4.69, 9.17) is 11.0 Å². The molecule has 1 spiro atoms. The Kier molecular flexibility index (Phi) is 3.06. The number of aromatic nitrogens is 1. The molecule has 0 bridgehead atoms. The third-order valence-corrected chi connectivity index (χ3v) is 4.88. The first-order chi connectivity index (χ1) is 9.24. The van der Waals surface area contributed by atoms with E-state index in [1.165, 1.54) is 38.5 Å². The van der Waals surface area contributed by atoms with Crippen LogP contribution < -0.4 is 10.6 Å². The summed E-state index contributed by atoms with van der Waals surface area (Å²) in [6.45, 7) is 2.04. The molecule has 2 N–H and O–H groups in total. The van der Waals surface area contributed by atoms with Crippen molar-refractivity contribution in [2.45, 2.75) is 38.5 Å². The second-order valence-electron chi connectivity index (χ2n) is 5.90. The van der Waals surface area contributed by atoms with Crippen LogP contribution in [0.4, 0.5) is 11.5 Å². The number of nitrogens with two attached hydrogens (primary N) is 1. The van der Waals surface area contributed by atoms with Gasteiger partial charge in [0, 0.05) is 19.3 Å². The zero-order valence-electron chi connectivity index (χ0n) is 11.2. The number of hydrogen-bond acceptors (Lipinski definition) is 4. The topological polar surface area (TPSA) is 65.9 Å². The Balaban J connectivity index is 1.77. The van der Waals surface area contributed by atoms with Crippen molar-refractivity contribution in [3.05, 3.63) is 17.8 Å². The average Bonchev–Trinajstić information content (AvgIpc) is 2.89. The van der Waals surface area contributed by atoms with E-state index in [0.717, 1.165) is 18.9 Å². The van der Waals surface area contributed by atoms with Gasteiger partial charge in [0.2, 0.25) is 0 Å². The van der Waals surface area contributed by atoms with Crippen molar-refractivity contribution >= 4 is 11.5 Å². The van der Waals surface area contributed by atoms with E-state index in [0.29, 0.717) is 16.7 Å². The van der Waals surface area contributed by atoms with Gasteiger partial charge < -0.3 is 10.6 Å². The number of hydrogen-bond donors (Lipinski definition) is 1. The highest BCUT2D eigenvalue weighted by Gasteiger charge is 2.37. The molecule has 1 aliphatic carbocycles. The summed E-state index contributed by atoms with van der Waals surface area (Å²) < 4.78 is 0. The molecule has 1 aliphatic heterocycles. The lowest BCUT2D eigenvalue weighted by atomic mass is 9.77. The second kappa shape index (κ2) is 4.73. The molecule has 0 aromatic carbocycles. The summed E-state index contributed by atoms with van der Waals surface area (Å²) in [5.74, 6) is 0.798. The monoisotopic (exact) mass is 256 g/mol. The first-order valence-corrected chi connectivity index (χ1v) is 7.14. The predicted molar refractivity (Wildman–Crippen MR) is 75.7 cm³/mol. The van der Waals surface area contributed by atoms with Crippen molar-refractivity contribution in [3.8, 4) is 6.07 Å². The van der Waals surface area contributed by atoms with Gasteiger partial charge in [0.25, 0.3) is 0 Å². The summed E-state index contributed by atoms with van der Waals surface area (Å²) in [6.07, 6.45) is 9.73. The lowest BCUT2D eigenvalue weighted by molar-refractivity contribution is 0.226. The Morgan fingerprint density at radius 3 is 2.53 bits per heavy atom. The number of piperidine rings is 1. The quantitative estimate of drug-likeness (QED) is 0.839. The highest BCUT2D eigenvalue weighted by Crippen LogP contribution is 2.46. The van der Waals surface area contributed by atoms with Crippen LogP contribution in [0.15, 0.2) is 12.3 Å². The fourth-order valence-corrected chi connectivity index (χ4v) is 3.63. The second-order valence-corrected chi connectivity index (χ2v) is 5.90. The zero-order chi connectivity index (χ0) is 13.3. The molecule has 1 saturated heterocycles. The zero-order valence-corrected chi connectivity index (χ0v) is 11.2. The van der Waals surface area contributed by atoms with Gasteiger partial charge >= 0.3 is 0 Å². The number of pyridine rings is 1. The molecule has 4 heteroatoms. The Labute approximate surface area is 114 Å². The van der Waals surface area contributed by atoms with Crippen molar-refractivity contribution in [1.82, 2.24) is 4.98 Å². The van der Waals surface area contributed by atoms with Crippen LogP contribution >= 0.6 is 0 Å². The third-order valence-electron chi connectivity index (χ3n) is 4.88. The van der Waals surface area contributed by atoms with E-state index < -0.39 is 0 Å². The van der Waals surface area contributed by atoms with Crippen LogP contribution in [0.2, 0.25) is 0 Å². The predicted octanol–water partition coefficient (Wildman–Crippen LogP) is 2.70. The van der Waals surface area contributed by atoms with E-state index in [2.05, 4.69) is 16.0 Å². The van der Waals surface area contributed by atoms with Gasteiger partial charge in [-0.2, -0.15) is 5.26 Å². The largest absolute Gasteiger partial charge is 0.395 e. The molecule has 3 rings (SSSR count). The van der Waals surface area contributed by atoms with Gasteiger partial charge in [0.05, 0.1) is 11.3 Å². The number of nitrogen functional groups attached to an aromatic ring is 1. The van der Waals surface area contributed by atoms with Gasteiger partial charge in [-0.3, -0.25) is 0 Å². The minimum absolute atomic E-state index is 0.533. The van der Waals surface area contributed by atoms with E-state index >= 15 is 0 Å². The van der Waals surface area contributed by atoms with Crippen LogP contribution in [0.1, 0.15) is 44.1 Å². The minimum atomic E-state index is 0.533. The number of anilines is 2. The van der Waals surface area contributed by atoms with Crippen LogP contribution in [0, 0.1) is 16.7 Å². The molecular weight excluding hydrogens is 236 g/mol. The highest BCUT2D eigenvalue weighted by atomic mass is 15.2. The van der Waals surface area contributed by atoms with Crippen molar-refractivity contribution in [1.29, 1.82) is 5.26 Å². The van der Waals surface area contributed by atoms with Crippen molar-refractivity contribution < 1.29 is 0 Å². The maximum atomic E-state index is 9.03. The lowest BCUT2D eigenvalue weighted by Crippen LogP contribution is -2.39. The molecule has 0 radical (unpaired) electrons. The lowest BCUT2D eigenvalue weighted by Gasteiger charge is -2.40. The number of nitrogens with zero attached hydrogens (tertiary/aromatic N) is 3. The molecule has 1 aromatic heterocycles. The van der Waals surface area contributed by atoms with Gasteiger partial charge in [0.15, 0.2) is 5.82 Å². The van der Waals surface area contributed by atoms with Crippen LogP contribution in [0.5, 0.6) is 0 Å². The first kappa shape index (κ1) is 12.3. The van der Waals surface area contributed by atoms with Crippen molar-refractivity contribution in [2.24, 2.45) is 5.41 Å². The Bertz CT molecular complexity index is 501. The molecule has 2 fully saturated rings. The Morgan fingerprint density at radius 2 is 1.89 bits per heavy atom. The molecule has 100 valence electrons. The molecule has 0 atom stereocenters. The van der Waals surface area contributed by atoms with Crippen LogP contribution in [0.3, 0.4) is 0 Å². The van der Waals surface area contributed by atoms with Gasteiger partial charge in [-0.15, -0.1) is 0 Å². The van der Waals surface area contributed by atoms with Crippen LogP contribution in [0.25, 0.3) is 0 Å². The normalized spacial score (nSPS) is 21.5. The van der Waals surface area contributed by atoms with E-state index in [9.17, 15) is 0 Å². The maximum Gasteiger partial charge on any atom is 0.153 e. The average molecular weight is 256 g/mol. The molecular formula is C15H20N4. The van der Waals surface area contributed by atoms with Crippen molar-refractivity contribution in [3.63, 3.8) is 0 Å². The summed E-state index contributed by atoms with van der Waals surface area (Å²) in [4.78, 5) is 6.63. The summed E-state index contributed by atoms with van der Waals surface area (Å²) in [6, 6.07) is 3.81. The van der Waals surface area contributed by atoms with E-state index in [1.807, 2.05) is 0 Å². The fraction of sp³-hybridized carbons (Fsp3) is 0.600. The Morgan fingerprint density at radius 1 is 1.21 bits per heavy atom. The number of nitriles is 1. The van der Waals surface area contributed by atoms with Gasteiger partial charge in [-0.25, -0.2) is 4.98 Å². The SMILES string of the molecule is N#Cc1ccnc(N2CCC3(CCCC3)CC2)c1N. The van der Waals surface area contributed by atoms with Crippen LogP contribution in [-0.4, -0.2) is 18.1 Å². The van der Waals surface area contributed by atoms with Gasteiger partial charge in [-0.05, 0) is 37.2 Å². The molecule has 1 saturated carbocycles. The minimum Gasteiger partial charge on any atom is -0.395 e. The summed E-state index contributed by atoms with van der Waals surface area (Å²) in [5, 5.41) is 9.03. The molecule has 2 aliphatic rings. The molecule has 1 aromatic rings. The summed E-state index contributed by atoms with van der Waals surface area (Å²) in [5.41, 5.74) is 7.71. The molecule has 2 heterocycles. The first-order valence-electron chi connectivity index (χ1n) is 7.14. The molecule has 4 nitrogen and oxygen atoms in total. The van der Waals surface area contributed by atoms with Gasteiger partial charge in [0.1, 0.15) is 6.07 Å². The highest BCUT2D eigenvalue weighted by molar-refractivity contribution is 5.70. The Hall–Kier alpha value is -1.76. The maximum absolute atomic E-state index is 9.03. The fourth-order valence-electron chi connectivity index (χ4n) is 3.63. The van der Waals surface area contributed by atoms with E-state index in [1.54, 1.807) is 12.3 Å². The molecule has 19 heavy (non-hydrogen) atoms. The van der Waals surface area contributed by atoms with Crippen molar-refractivity contribution in [2.75, 3.05) is 23.7 Å². The summed E-state index contributed by atoms with van der Waals surface area (Å²) in [7, 11) is 0.